The molecule has 0 aliphatic carbocycles. The van der Waals surface area contributed by atoms with E-state index in [4.69, 9.17) is 19.0 Å². The molecule has 5 heteroatoms. The molecule has 0 atom stereocenters. The zero-order chi connectivity index (χ0) is 14.4. The van der Waals surface area contributed by atoms with Crippen LogP contribution >= 0.6 is 0 Å². The topological polar surface area (TPSA) is 40.2 Å². The highest BCUT2D eigenvalue weighted by Gasteiger charge is 2.51. The highest BCUT2D eigenvalue weighted by Crippen LogP contribution is 2.49. The summed E-state index contributed by atoms with van der Waals surface area (Å²) in [5.74, 6) is 0. The van der Waals surface area contributed by atoms with E-state index in [2.05, 4.69) is 52.0 Å². The van der Waals surface area contributed by atoms with Crippen molar-refractivity contribution in [3.63, 3.8) is 0 Å². The Morgan fingerprint density at radius 1 is 1.00 bits per heavy atom. The van der Waals surface area contributed by atoms with Crippen LogP contribution in [0.1, 0.15) is 38.8 Å². The lowest BCUT2D eigenvalue weighted by atomic mass is 9.91. The zero-order valence-electron chi connectivity index (χ0n) is 12.4. The summed E-state index contributed by atoms with van der Waals surface area (Å²) in [6.07, 6.45) is 0. The van der Waals surface area contributed by atoms with Crippen LogP contribution in [0.25, 0.3) is 0 Å². The monoisotopic (exact) mass is 279 g/mol. The summed E-state index contributed by atoms with van der Waals surface area (Å²) in [6, 6.07) is 8.40. The average Bonchev–Trinajstić information content (AvgIpc) is 2.59. The molecule has 110 valence electrons. The van der Waals surface area contributed by atoms with E-state index in [-0.39, 0.29) is 24.7 Å². The van der Waals surface area contributed by atoms with Crippen LogP contribution in [0.15, 0.2) is 24.3 Å². The predicted molar refractivity (Wildman–Crippen MR) is 72.2 cm³/mol. The summed E-state index contributed by atoms with van der Waals surface area (Å²) in [5, 5.41) is 1.96. The first-order valence-electron chi connectivity index (χ1n) is 6.82. The van der Waals surface area contributed by atoms with E-state index in [1.807, 2.05) is 5.06 Å². The summed E-state index contributed by atoms with van der Waals surface area (Å²) >= 11 is 0. The Bertz CT molecular complexity index is 459. The number of hydroxylamine groups is 2. The molecule has 0 spiro atoms. The number of fused-ring (bicyclic) bond motifs is 1. The van der Waals surface area contributed by atoms with Crippen molar-refractivity contribution in [1.29, 1.82) is 0 Å². The van der Waals surface area contributed by atoms with Crippen molar-refractivity contribution in [2.75, 3.05) is 13.6 Å². The number of rotatable bonds is 2. The van der Waals surface area contributed by atoms with Crippen LogP contribution in [0.2, 0.25) is 0 Å². The van der Waals surface area contributed by atoms with Crippen LogP contribution in [0.4, 0.5) is 0 Å². The maximum Gasteiger partial charge on any atom is 0.292 e. The third-order valence-corrected chi connectivity index (χ3v) is 4.03. The standard InChI is InChI=1S/C15H21NO4/c1-14(2)11-7-5-6-8-12(11)15(3,4)16(14)20-13-18-9-17-10-19-13/h5-8,13H,9-10H2,1-4H3. The lowest BCUT2D eigenvalue weighted by molar-refractivity contribution is -0.458. The number of benzene rings is 1. The molecule has 5 nitrogen and oxygen atoms in total. The minimum atomic E-state index is -0.725. The maximum atomic E-state index is 5.97. The Morgan fingerprint density at radius 3 is 2.00 bits per heavy atom. The van der Waals surface area contributed by atoms with Gasteiger partial charge in [-0.25, -0.2) is 4.84 Å². The molecule has 0 unspecified atom stereocenters. The van der Waals surface area contributed by atoms with Crippen molar-refractivity contribution in [2.24, 2.45) is 0 Å². The minimum Gasteiger partial charge on any atom is -0.329 e. The fraction of sp³-hybridized carbons (Fsp3) is 0.600. The molecule has 0 radical (unpaired) electrons. The van der Waals surface area contributed by atoms with Gasteiger partial charge in [0.2, 0.25) is 0 Å². The van der Waals surface area contributed by atoms with Gasteiger partial charge in [-0.3, -0.25) is 0 Å². The first kappa shape index (κ1) is 14.0. The van der Waals surface area contributed by atoms with Crippen LogP contribution in [-0.4, -0.2) is 25.1 Å². The molecule has 0 saturated carbocycles. The Kier molecular flexibility index (Phi) is 3.35. The molecule has 0 amide bonds. The fourth-order valence-electron chi connectivity index (χ4n) is 3.17. The van der Waals surface area contributed by atoms with Gasteiger partial charge in [-0.1, -0.05) is 24.3 Å². The van der Waals surface area contributed by atoms with Gasteiger partial charge >= 0.3 is 0 Å². The smallest absolute Gasteiger partial charge is 0.292 e. The highest BCUT2D eigenvalue weighted by molar-refractivity contribution is 5.42. The Balaban J connectivity index is 1.91. The quantitative estimate of drug-likeness (QED) is 0.832. The fourth-order valence-corrected chi connectivity index (χ4v) is 3.17. The van der Waals surface area contributed by atoms with Gasteiger partial charge in [0, 0.05) is 0 Å². The van der Waals surface area contributed by atoms with Gasteiger partial charge in [0.25, 0.3) is 6.48 Å². The lowest BCUT2D eigenvalue weighted by Crippen LogP contribution is -2.49. The van der Waals surface area contributed by atoms with Gasteiger partial charge in [0.15, 0.2) is 13.6 Å². The lowest BCUT2D eigenvalue weighted by Gasteiger charge is -2.41. The van der Waals surface area contributed by atoms with E-state index in [0.29, 0.717) is 0 Å². The summed E-state index contributed by atoms with van der Waals surface area (Å²) in [5.41, 5.74) is 2.00. The van der Waals surface area contributed by atoms with Crippen molar-refractivity contribution in [2.45, 2.75) is 45.2 Å². The summed E-state index contributed by atoms with van der Waals surface area (Å²) < 4.78 is 15.6. The zero-order valence-corrected chi connectivity index (χ0v) is 12.4. The molecule has 1 fully saturated rings. The molecule has 0 aromatic heterocycles. The number of hydrogen-bond donors (Lipinski definition) is 0. The highest BCUT2D eigenvalue weighted by atomic mass is 17.0. The molecule has 3 rings (SSSR count). The van der Waals surface area contributed by atoms with E-state index in [0.717, 1.165) is 0 Å². The normalized spacial score (nSPS) is 25.6. The molecule has 0 N–H and O–H groups in total. The molecular weight excluding hydrogens is 258 g/mol. The second-order valence-corrected chi connectivity index (χ2v) is 6.13. The van der Waals surface area contributed by atoms with Crippen molar-refractivity contribution < 1.29 is 19.0 Å². The van der Waals surface area contributed by atoms with Gasteiger partial charge in [0.1, 0.15) is 0 Å². The number of nitrogens with zero attached hydrogens (tertiary/aromatic N) is 1. The van der Waals surface area contributed by atoms with E-state index in [1.165, 1.54) is 11.1 Å². The van der Waals surface area contributed by atoms with Crippen LogP contribution in [-0.2, 0) is 30.1 Å². The second kappa shape index (κ2) is 4.79. The second-order valence-electron chi connectivity index (χ2n) is 6.13. The Labute approximate surface area is 119 Å². The molecule has 2 heterocycles. The van der Waals surface area contributed by atoms with Crippen molar-refractivity contribution in [1.82, 2.24) is 5.06 Å². The van der Waals surface area contributed by atoms with Crippen molar-refractivity contribution >= 4 is 0 Å². The van der Waals surface area contributed by atoms with Gasteiger partial charge in [-0.15, -0.1) is 0 Å². The molecule has 0 bridgehead atoms. The first-order chi connectivity index (χ1) is 9.44. The molecule has 20 heavy (non-hydrogen) atoms. The van der Waals surface area contributed by atoms with E-state index < -0.39 is 6.48 Å². The third-order valence-electron chi connectivity index (χ3n) is 4.03. The predicted octanol–water partition coefficient (Wildman–Crippen LogP) is 2.67. The van der Waals surface area contributed by atoms with Gasteiger partial charge < -0.3 is 14.2 Å². The Hall–Kier alpha value is -0.980. The van der Waals surface area contributed by atoms with Crippen LogP contribution in [0.3, 0.4) is 0 Å². The van der Waals surface area contributed by atoms with E-state index >= 15 is 0 Å². The van der Waals surface area contributed by atoms with Crippen molar-refractivity contribution in [3.05, 3.63) is 35.4 Å². The van der Waals surface area contributed by atoms with Crippen LogP contribution < -0.4 is 0 Å². The Morgan fingerprint density at radius 2 is 1.50 bits per heavy atom. The minimum absolute atomic E-state index is 0.187. The van der Waals surface area contributed by atoms with Gasteiger partial charge in [-0.05, 0) is 38.8 Å². The van der Waals surface area contributed by atoms with Crippen LogP contribution in [0.5, 0.6) is 0 Å². The van der Waals surface area contributed by atoms with E-state index in [1.54, 1.807) is 0 Å². The molecule has 2 aliphatic rings. The summed E-state index contributed by atoms with van der Waals surface area (Å²) in [6.45, 7) is 8.20. The number of hydrogen-bond acceptors (Lipinski definition) is 5. The summed E-state index contributed by atoms with van der Waals surface area (Å²) in [4.78, 5) is 5.97. The SMILES string of the molecule is CC1(C)c2ccccc2C(C)(C)N1OC1OCOCO1. The molecular formula is C15H21NO4. The number of ether oxygens (including phenoxy) is 3. The molecule has 1 aromatic carbocycles. The van der Waals surface area contributed by atoms with Gasteiger partial charge in [0.05, 0.1) is 11.1 Å². The molecule has 1 aromatic rings. The largest absolute Gasteiger partial charge is 0.329 e. The van der Waals surface area contributed by atoms with Crippen LogP contribution in [0, 0.1) is 0 Å². The van der Waals surface area contributed by atoms with E-state index in [9.17, 15) is 0 Å². The van der Waals surface area contributed by atoms with Gasteiger partial charge in [-0.2, -0.15) is 5.06 Å². The first-order valence-corrected chi connectivity index (χ1v) is 6.82. The molecule has 2 aliphatic heterocycles. The molecule has 1 saturated heterocycles. The summed E-state index contributed by atoms with van der Waals surface area (Å²) in [7, 11) is 0. The van der Waals surface area contributed by atoms with Crippen molar-refractivity contribution in [3.8, 4) is 0 Å². The average molecular weight is 279 g/mol. The maximum absolute atomic E-state index is 5.97. The third kappa shape index (κ3) is 2.06.